The van der Waals surface area contributed by atoms with Gasteiger partial charge >= 0.3 is 0 Å². The van der Waals surface area contributed by atoms with Crippen molar-refractivity contribution in [2.45, 2.75) is 0 Å². The minimum absolute atomic E-state index is 0.270. The number of methoxy groups -OCH3 is 3. The van der Waals surface area contributed by atoms with Gasteiger partial charge in [0.25, 0.3) is 5.56 Å². The lowest BCUT2D eigenvalue weighted by atomic mass is 10.1. The quantitative estimate of drug-likeness (QED) is 0.666. The molecule has 0 spiro atoms. The number of ether oxygens (including phenoxy) is 3. The summed E-state index contributed by atoms with van der Waals surface area (Å²) in [6.07, 6.45) is 1.53. The third-order valence-corrected chi connectivity index (χ3v) is 3.87. The Morgan fingerprint density at radius 3 is 2.15 bits per heavy atom. The topological polar surface area (TPSA) is 88.7 Å². The zero-order chi connectivity index (χ0) is 18.5. The number of benzene rings is 2. The second kappa shape index (κ2) is 7.60. The predicted octanol–water partition coefficient (Wildman–Crippen LogP) is 3.15. The van der Waals surface area contributed by atoms with Crippen LogP contribution in [0.25, 0.3) is 11.3 Å². The third-order valence-electron chi connectivity index (χ3n) is 3.87. The fourth-order valence-electron chi connectivity index (χ4n) is 2.60. The molecule has 2 N–H and O–H groups in total. The van der Waals surface area contributed by atoms with Gasteiger partial charge in [-0.15, -0.1) is 0 Å². The second-order valence-corrected chi connectivity index (χ2v) is 5.38. The predicted molar refractivity (Wildman–Crippen MR) is 100 cm³/mol. The van der Waals surface area contributed by atoms with Gasteiger partial charge in [-0.3, -0.25) is 20.0 Å². The van der Waals surface area contributed by atoms with Crippen molar-refractivity contribution < 1.29 is 14.2 Å². The number of H-pyrrole nitrogens is 2. The zero-order valence-corrected chi connectivity index (χ0v) is 14.7. The van der Waals surface area contributed by atoms with Gasteiger partial charge in [-0.25, -0.2) is 0 Å². The van der Waals surface area contributed by atoms with Crippen LogP contribution in [0.5, 0.6) is 17.2 Å². The maximum absolute atomic E-state index is 12.2. The molecule has 3 aromatic rings. The first kappa shape index (κ1) is 17.3. The minimum Gasteiger partial charge on any atom is -0.493 e. The molecule has 0 aliphatic rings. The summed E-state index contributed by atoms with van der Waals surface area (Å²) in [6.45, 7) is 0. The number of rotatable bonds is 6. The Balaban J connectivity index is 2.09. The zero-order valence-electron chi connectivity index (χ0n) is 14.7. The number of aliphatic imine (C=N–C) groups is 1. The van der Waals surface area contributed by atoms with Crippen LogP contribution in [0.15, 0.2) is 52.3 Å². The highest BCUT2D eigenvalue weighted by Gasteiger charge is 2.17. The van der Waals surface area contributed by atoms with Crippen molar-refractivity contribution in [3.05, 3.63) is 58.4 Å². The van der Waals surface area contributed by atoms with Gasteiger partial charge in [0.1, 0.15) is 0 Å². The first-order valence-corrected chi connectivity index (χ1v) is 7.88. The molecule has 0 amide bonds. The number of aromatic amines is 2. The van der Waals surface area contributed by atoms with E-state index in [-0.39, 0.29) is 5.56 Å². The highest BCUT2D eigenvalue weighted by atomic mass is 16.5. The van der Waals surface area contributed by atoms with Crippen LogP contribution in [0.3, 0.4) is 0 Å². The molecule has 0 atom stereocenters. The van der Waals surface area contributed by atoms with Crippen LogP contribution < -0.4 is 19.8 Å². The van der Waals surface area contributed by atoms with Crippen LogP contribution >= 0.6 is 0 Å². The lowest BCUT2D eigenvalue weighted by molar-refractivity contribution is 0.324. The minimum atomic E-state index is -0.270. The van der Waals surface area contributed by atoms with Gasteiger partial charge in [0, 0.05) is 11.8 Å². The van der Waals surface area contributed by atoms with E-state index >= 15 is 0 Å². The molecule has 0 bridgehead atoms. The first-order valence-electron chi connectivity index (χ1n) is 7.88. The monoisotopic (exact) mass is 353 g/mol. The molecule has 0 aliphatic heterocycles. The van der Waals surface area contributed by atoms with Gasteiger partial charge in [0.2, 0.25) is 5.75 Å². The number of hydrogen-bond donors (Lipinski definition) is 2. The number of aromatic nitrogens is 2. The molecule has 7 nitrogen and oxygen atoms in total. The molecule has 3 rings (SSSR count). The summed E-state index contributed by atoms with van der Waals surface area (Å²) in [7, 11) is 4.62. The molecule has 7 heteroatoms. The van der Waals surface area contributed by atoms with Crippen molar-refractivity contribution >= 4 is 11.9 Å². The smallest absolute Gasteiger partial charge is 0.273 e. The molecular formula is C19H19N3O4. The van der Waals surface area contributed by atoms with E-state index in [1.165, 1.54) is 13.3 Å². The summed E-state index contributed by atoms with van der Waals surface area (Å²) in [5, 5.41) is 5.48. The van der Waals surface area contributed by atoms with E-state index in [0.717, 1.165) is 5.69 Å². The van der Waals surface area contributed by atoms with E-state index in [2.05, 4.69) is 15.2 Å². The van der Waals surface area contributed by atoms with Crippen molar-refractivity contribution in [3.8, 4) is 28.5 Å². The molecule has 0 unspecified atom stereocenters. The van der Waals surface area contributed by atoms with Gasteiger partial charge in [-0.2, -0.15) is 0 Å². The molecule has 0 fully saturated rings. The molecule has 26 heavy (non-hydrogen) atoms. The molecule has 1 aromatic heterocycles. The molecule has 0 aliphatic carbocycles. The Morgan fingerprint density at radius 1 is 0.923 bits per heavy atom. The van der Waals surface area contributed by atoms with Crippen molar-refractivity contribution in [1.82, 2.24) is 10.2 Å². The second-order valence-electron chi connectivity index (χ2n) is 5.38. The van der Waals surface area contributed by atoms with Crippen molar-refractivity contribution in [1.29, 1.82) is 0 Å². The van der Waals surface area contributed by atoms with Crippen LogP contribution in [-0.2, 0) is 0 Å². The standard InChI is InChI=1S/C19H19N3O4/c1-24-15-9-12(10-16(25-2)18(15)26-3)17-14(19(23)22-21-17)11-20-13-7-5-4-6-8-13/h4-11H,1-3H3,(H2,21,22,23). The summed E-state index contributed by atoms with van der Waals surface area (Å²) in [4.78, 5) is 16.6. The summed E-state index contributed by atoms with van der Waals surface area (Å²) in [5.74, 6) is 1.47. The van der Waals surface area contributed by atoms with Crippen LogP contribution in [0.2, 0.25) is 0 Å². The van der Waals surface area contributed by atoms with E-state index in [4.69, 9.17) is 14.2 Å². The van der Waals surface area contributed by atoms with Crippen LogP contribution in [0, 0.1) is 0 Å². The van der Waals surface area contributed by atoms with E-state index < -0.39 is 0 Å². The van der Waals surface area contributed by atoms with E-state index in [9.17, 15) is 4.79 Å². The van der Waals surface area contributed by atoms with Crippen LogP contribution in [0.1, 0.15) is 5.56 Å². The molecule has 134 valence electrons. The average molecular weight is 353 g/mol. The Hall–Kier alpha value is -3.48. The SMILES string of the molecule is COc1cc(-c2[nH][nH]c(=O)c2C=Nc2ccccc2)cc(OC)c1OC. The Bertz CT molecular complexity index is 949. The number of nitrogens with zero attached hydrogens (tertiary/aromatic N) is 1. The summed E-state index contributed by atoms with van der Waals surface area (Å²) in [6, 6.07) is 12.9. The normalized spacial score (nSPS) is 10.9. The summed E-state index contributed by atoms with van der Waals surface area (Å²) in [5.41, 5.74) is 2.17. The lowest BCUT2D eigenvalue weighted by Crippen LogP contribution is -2.05. The molecule has 0 saturated heterocycles. The van der Waals surface area contributed by atoms with Crippen molar-refractivity contribution in [3.63, 3.8) is 0 Å². The Morgan fingerprint density at radius 2 is 1.58 bits per heavy atom. The molecule has 0 radical (unpaired) electrons. The maximum atomic E-state index is 12.2. The summed E-state index contributed by atoms with van der Waals surface area (Å²) >= 11 is 0. The highest BCUT2D eigenvalue weighted by Crippen LogP contribution is 2.41. The Kier molecular flexibility index (Phi) is 5.07. The van der Waals surface area contributed by atoms with Gasteiger partial charge in [-0.05, 0) is 24.3 Å². The van der Waals surface area contributed by atoms with Gasteiger partial charge in [0.05, 0.1) is 38.3 Å². The maximum Gasteiger partial charge on any atom is 0.273 e. The Labute approximate surface area is 150 Å². The van der Waals surface area contributed by atoms with Crippen molar-refractivity contribution in [2.75, 3.05) is 21.3 Å². The molecular weight excluding hydrogens is 334 g/mol. The molecule has 2 aromatic carbocycles. The fraction of sp³-hybridized carbons (Fsp3) is 0.158. The van der Waals surface area contributed by atoms with Gasteiger partial charge < -0.3 is 14.2 Å². The lowest BCUT2D eigenvalue weighted by Gasteiger charge is -2.13. The largest absolute Gasteiger partial charge is 0.493 e. The third kappa shape index (κ3) is 3.32. The van der Waals surface area contributed by atoms with E-state index in [0.29, 0.717) is 34.1 Å². The van der Waals surface area contributed by atoms with E-state index in [1.807, 2.05) is 30.3 Å². The van der Waals surface area contributed by atoms with Gasteiger partial charge in [-0.1, -0.05) is 18.2 Å². The van der Waals surface area contributed by atoms with Crippen LogP contribution in [-0.4, -0.2) is 37.7 Å². The number of nitrogens with one attached hydrogen (secondary N) is 2. The fourth-order valence-corrected chi connectivity index (χ4v) is 2.60. The van der Waals surface area contributed by atoms with Gasteiger partial charge in [0.15, 0.2) is 11.5 Å². The number of para-hydroxylation sites is 1. The average Bonchev–Trinajstić information content (AvgIpc) is 3.06. The highest BCUT2D eigenvalue weighted by molar-refractivity contribution is 5.90. The molecule has 1 heterocycles. The summed E-state index contributed by atoms with van der Waals surface area (Å²) < 4.78 is 16.1. The molecule has 0 saturated carbocycles. The first-order chi connectivity index (χ1) is 12.7. The number of hydrogen-bond acceptors (Lipinski definition) is 5. The van der Waals surface area contributed by atoms with Crippen molar-refractivity contribution in [2.24, 2.45) is 4.99 Å². The van der Waals surface area contributed by atoms with Crippen LogP contribution in [0.4, 0.5) is 5.69 Å². The van der Waals surface area contributed by atoms with E-state index in [1.54, 1.807) is 26.4 Å².